The van der Waals surface area contributed by atoms with Crippen molar-refractivity contribution >= 4 is 34.7 Å². The van der Waals surface area contributed by atoms with Gasteiger partial charge in [-0.3, -0.25) is 28.8 Å². The fourth-order valence-corrected chi connectivity index (χ4v) is 6.29. The molecule has 3 aliphatic carbocycles. The summed E-state index contributed by atoms with van der Waals surface area (Å²) >= 11 is 0. The van der Waals surface area contributed by atoms with E-state index in [1.165, 1.54) is 0 Å². The van der Waals surface area contributed by atoms with E-state index < -0.39 is 0 Å². The number of rotatable bonds is 5. The summed E-state index contributed by atoms with van der Waals surface area (Å²) in [6, 6.07) is 0. The van der Waals surface area contributed by atoms with E-state index in [2.05, 4.69) is 0 Å². The molecule has 0 aliphatic heterocycles. The largest absolute Gasteiger partial charge is 0.299 e. The standard InChI is InChI=1S/C29H42O6/c1-3-19-5-12-27(33)21(7-13-25(19)31)17-23-9-15-28(34)22(8-14-29(23)35)16-20-6-11-24(30)18(2)4-10-26(20)32/h18-23H,3-17H2,1-2H3. The average Bonchev–Trinajstić information content (AvgIpc) is 2.83. The molecule has 0 amide bonds. The van der Waals surface area contributed by atoms with Crippen molar-refractivity contribution in [1.82, 2.24) is 0 Å². The number of Topliss-reactive ketones (excluding diaryl/α,β-unsaturated/α-hetero) is 6. The van der Waals surface area contributed by atoms with Crippen LogP contribution in [0.25, 0.3) is 0 Å². The minimum atomic E-state index is -0.313. The van der Waals surface area contributed by atoms with Gasteiger partial charge in [0.05, 0.1) is 0 Å². The van der Waals surface area contributed by atoms with Crippen LogP contribution in [0.15, 0.2) is 0 Å². The van der Waals surface area contributed by atoms with Gasteiger partial charge < -0.3 is 0 Å². The molecule has 3 aliphatic rings. The highest BCUT2D eigenvalue weighted by Crippen LogP contribution is 2.34. The predicted octanol–water partition coefficient (Wildman–Crippen LogP) is 5.03. The number of hydrogen-bond donors (Lipinski definition) is 0. The zero-order valence-corrected chi connectivity index (χ0v) is 21.5. The van der Waals surface area contributed by atoms with E-state index in [9.17, 15) is 28.8 Å². The second-order valence-electron chi connectivity index (χ2n) is 11.3. The number of carbonyl (C=O) groups excluding carboxylic acids is 6. The minimum absolute atomic E-state index is 0.0243. The smallest absolute Gasteiger partial charge is 0.136 e. The van der Waals surface area contributed by atoms with E-state index >= 15 is 0 Å². The van der Waals surface area contributed by atoms with Crippen LogP contribution in [0, 0.1) is 35.5 Å². The Morgan fingerprint density at radius 3 is 1.11 bits per heavy atom. The first kappa shape index (κ1) is 27.6. The number of hydrogen-bond acceptors (Lipinski definition) is 6. The molecule has 35 heavy (non-hydrogen) atoms. The summed E-state index contributed by atoms with van der Waals surface area (Å²) in [4.78, 5) is 76.1. The fourth-order valence-electron chi connectivity index (χ4n) is 6.29. The normalized spacial score (nSPS) is 34.5. The van der Waals surface area contributed by atoms with Gasteiger partial charge in [-0.1, -0.05) is 13.8 Å². The summed E-state index contributed by atoms with van der Waals surface area (Å²) in [7, 11) is 0. The number of carbonyl (C=O) groups is 6. The first-order chi connectivity index (χ1) is 16.7. The van der Waals surface area contributed by atoms with Crippen molar-refractivity contribution in [2.75, 3.05) is 0 Å². The summed E-state index contributed by atoms with van der Waals surface area (Å²) in [6.07, 6.45) is 6.88. The van der Waals surface area contributed by atoms with E-state index in [0.717, 1.165) is 6.42 Å². The van der Waals surface area contributed by atoms with Crippen molar-refractivity contribution in [2.45, 2.75) is 110 Å². The van der Waals surface area contributed by atoms with Crippen molar-refractivity contribution < 1.29 is 28.8 Å². The summed E-state index contributed by atoms with van der Waals surface area (Å²) in [5.41, 5.74) is 0. The van der Waals surface area contributed by atoms with Gasteiger partial charge in [0.2, 0.25) is 0 Å². The van der Waals surface area contributed by atoms with E-state index in [4.69, 9.17) is 0 Å². The summed E-state index contributed by atoms with van der Waals surface area (Å²) in [5.74, 6) is -0.353. The third kappa shape index (κ3) is 7.50. The predicted molar refractivity (Wildman–Crippen MR) is 132 cm³/mol. The molecule has 0 aromatic heterocycles. The van der Waals surface area contributed by atoms with Crippen molar-refractivity contribution in [1.29, 1.82) is 0 Å². The Balaban J connectivity index is 1.57. The van der Waals surface area contributed by atoms with Gasteiger partial charge in [-0.05, 0) is 57.8 Å². The Hall–Kier alpha value is -1.98. The topological polar surface area (TPSA) is 102 Å². The number of ketones is 6. The molecule has 0 bridgehead atoms. The van der Waals surface area contributed by atoms with Crippen molar-refractivity contribution in [3.63, 3.8) is 0 Å². The second-order valence-corrected chi connectivity index (χ2v) is 11.3. The molecule has 3 rings (SSSR count). The van der Waals surface area contributed by atoms with Gasteiger partial charge in [0, 0.05) is 74.0 Å². The Labute approximate surface area is 209 Å². The van der Waals surface area contributed by atoms with Crippen molar-refractivity contribution in [2.24, 2.45) is 35.5 Å². The Morgan fingerprint density at radius 1 is 0.457 bits per heavy atom. The molecule has 0 aromatic rings. The molecule has 0 spiro atoms. The molecular formula is C29H42O6. The van der Waals surface area contributed by atoms with E-state index in [1.54, 1.807) is 0 Å². The first-order valence-corrected chi connectivity index (χ1v) is 13.9. The third-order valence-corrected chi connectivity index (χ3v) is 8.98. The molecule has 0 N–H and O–H groups in total. The highest BCUT2D eigenvalue weighted by Gasteiger charge is 2.35. The van der Waals surface area contributed by atoms with Gasteiger partial charge in [0.1, 0.15) is 34.7 Å². The summed E-state index contributed by atoms with van der Waals surface area (Å²) in [6.45, 7) is 3.86. The van der Waals surface area contributed by atoms with Crippen molar-refractivity contribution in [3.05, 3.63) is 0 Å². The molecule has 6 nitrogen and oxygen atoms in total. The van der Waals surface area contributed by atoms with E-state index in [1.807, 2.05) is 13.8 Å². The molecule has 194 valence electrons. The van der Waals surface area contributed by atoms with E-state index in [0.29, 0.717) is 77.0 Å². The van der Waals surface area contributed by atoms with E-state index in [-0.39, 0.29) is 83.0 Å². The fraction of sp³-hybridized carbons (Fsp3) is 0.793. The molecule has 0 aromatic carbocycles. The monoisotopic (exact) mass is 486 g/mol. The van der Waals surface area contributed by atoms with Crippen LogP contribution in [0.2, 0.25) is 0 Å². The maximum absolute atomic E-state index is 13.1. The maximum Gasteiger partial charge on any atom is 0.136 e. The van der Waals surface area contributed by atoms with Crippen LogP contribution in [0.3, 0.4) is 0 Å². The van der Waals surface area contributed by atoms with Gasteiger partial charge in [-0.15, -0.1) is 0 Å². The molecule has 0 heterocycles. The van der Waals surface area contributed by atoms with Gasteiger partial charge in [0.25, 0.3) is 0 Å². The zero-order chi connectivity index (χ0) is 25.5. The van der Waals surface area contributed by atoms with Crippen LogP contribution in [-0.4, -0.2) is 34.7 Å². The Kier molecular flexibility index (Phi) is 10.1. The zero-order valence-electron chi connectivity index (χ0n) is 21.5. The average molecular weight is 487 g/mol. The van der Waals surface area contributed by atoms with Crippen LogP contribution in [0.5, 0.6) is 0 Å². The third-order valence-electron chi connectivity index (χ3n) is 8.98. The highest BCUT2D eigenvalue weighted by atomic mass is 16.1. The highest BCUT2D eigenvalue weighted by molar-refractivity contribution is 5.90. The molecule has 0 saturated heterocycles. The van der Waals surface area contributed by atoms with Gasteiger partial charge >= 0.3 is 0 Å². The maximum atomic E-state index is 13.1. The van der Waals surface area contributed by atoms with Crippen LogP contribution in [-0.2, 0) is 28.8 Å². The lowest BCUT2D eigenvalue weighted by Crippen LogP contribution is -2.32. The molecule has 3 fully saturated rings. The molecule has 6 heteroatoms. The quantitative estimate of drug-likeness (QED) is 0.540. The molecular weight excluding hydrogens is 444 g/mol. The Morgan fingerprint density at radius 2 is 0.743 bits per heavy atom. The van der Waals surface area contributed by atoms with Crippen LogP contribution >= 0.6 is 0 Å². The SMILES string of the molecule is CCC1CCC(=O)C(CC2CCC(=O)C(CC3CCC(=O)C(C)CCC3=O)CCC2=O)CCC1=O. The van der Waals surface area contributed by atoms with Crippen LogP contribution in [0.4, 0.5) is 0 Å². The van der Waals surface area contributed by atoms with Crippen molar-refractivity contribution in [3.8, 4) is 0 Å². The van der Waals surface area contributed by atoms with Crippen LogP contribution < -0.4 is 0 Å². The van der Waals surface area contributed by atoms with Gasteiger partial charge in [0.15, 0.2) is 0 Å². The summed E-state index contributed by atoms with van der Waals surface area (Å²) < 4.78 is 0. The lowest BCUT2D eigenvalue weighted by atomic mass is 9.73. The molecule has 6 atom stereocenters. The lowest BCUT2D eigenvalue weighted by molar-refractivity contribution is -0.130. The summed E-state index contributed by atoms with van der Waals surface area (Å²) in [5, 5.41) is 0. The molecule has 3 saturated carbocycles. The van der Waals surface area contributed by atoms with Gasteiger partial charge in [-0.2, -0.15) is 0 Å². The lowest BCUT2D eigenvalue weighted by Gasteiger charge is -2.29. The first-order valence-electron chi connectivity index (χ1n) is 13.9. The molecule has 6 unspecified atom stereocenters. The Bertz CT molecular complexity index is 842. The molecule has 0 radical (unpaired) electrons. The minimum Gasteiger partial charge on any atom is -0.299 e. The van der Waals surface area contributed by atoms with Gasteiger partial charge in [-0.25, -0.2) is 0 Å². The second kappa shape index (κ2) is 12.8. The van der Waals surface area contributed by atoms with Crippen LogP contribution in [0.1, 0.15) is 110 Å².